The lowest BCUT2D eigenvalue weighted by atomic mass is 10.1. The van der Waals surface area contributed by atoms with Gasteiger partial charge in [-0.25, -0.2) is 4.98 Å². The number of aryl methyl sites for hydroxylation is 2. The maximum Gasteiger partial charge on any atom is 0.159 e. The third kappa shape index (κ3) is 4.66. The van der Waals surface area contributed by atoms with E-state index in [0.29, 0.717) is 0 Å². The van der Waals surface area contributed by atoms with Gasteiger partial charge in [0.05, 0.1) is 25.3 Å². The number of fused-ring (bicyclic) bond motifs is 1. The van der Waals surface area contributed by atoms with Crippen LogP contribution < -0.4 is 14.4 Å². The molecule has 0 unspecified atom stereocenters. The van der Waals surface area contributed by atoms with E-state index in [-0.39, 0.29) is 0 Å². The quantitative estimate of drug-likeness (QED) is 0.452. The van der Waals surface area contributed by atoms with Gasteiger partial charge < -0.3 is 24.3 Å². The molecule has 33 heavy (non-hydrogen) atoms. The van der Waals surface area contributed by atoms with Crippen LogP contribution in [0.5, 0.6) is 11.5 Å². The highest BCUT2D eigenvalue weighted by molar-refractivity contribution is 5.82. The number of piperazine rings is 1. The molecule has 1 fully saturated rings. The number of anilines is 1. The molecule has 2 aromatic heterocycles. The summed E-state index contributed by atoms with van der Waals surface area (Å²) in [6.07, 6.45) is 1.68. The Morgan fingerprint density at radius 1 is 0.909 bits per heavy atom. The summed E-state index contributed by atoms with van der Waals surface area (Å²) in [6.45, 7) is 4.26. The van der Waals surface area contributed by atoms with E-state index in [1.807, 2.05) is 18.2 Å². The maximum atomic E-state index is 5.37. The molecular formula is C25H30N6O2. The minimum atomic E-state index is 0.783. The first-order valence-electron chi connectivity index (χ1n) is 11.3. The molecule has 2 N–H and O–H groups in total. The number of benzene rings is 2. The summed E-state index contributed by atoms with van der Waals surface area (Å²) >= 11 is 0. The van der Waals surface area contributed by atoms with Gasteiger partial charge in [-0.05, 0) is 61.9 Å². The molecule has 1 aliphatic rings. The summed E-state index contributed by atoms with van der Waals surface area (Å²) in [5.74, 6) is 2.38. The summed E-state index contributed by atoms with van der Waals surface area (Å²) in [7, 11) is 5.51. The van der Waals surface area contributed by atoms with Crippen LogP contribution in [0.3, 0.4) is 0 Å². The normalized spacial score (nSPS) is 14.7. The number of nitrogens with one attached hydrogen (secondary N) is 2. The molecule has 1 aliphatic heterocycles. The van der Waals surface area contributed by atoms with Crippen molar-refractivity contribution in [1.82, 2.24) is 25.1 Å². The number of imidazole rings is 1. The lowest BCUT2D eigenvalue weighted by molar-refractivity contribution is 0.313. The monoisotopic (exact) mass is 446 g/mol. The van der Waals surface area contributed by atoms with Gasteiger partial charge in [0.15, 0.2) is 5.82 Å². The van der Waals surface area contributed by atoms with Crippen LogP contribution in [0, 0.1) is 0 Å². The Morgan fingerprint density at radius 3 is 2.39 bits per heavy atom. The molecule has 0 amide bonds. The molecule has 172 valence electrons. The maximum absolute atomic E-state index is 5.37. The van der Waals surface area contributed by atoms with Crippen LogP contribution in [-0.4, -0.2) is 72.5 Å². The van der Waals surface area contributed by atoms with Gasteiger partial charge in [0.25, 0.3) is 0 Å². The number of ether oxygens (including phenoxy) is 2. The van der Waals surface area contributed by atoms with Crippen molar-refractivity contribution in [2.24, 2.45) is 0 Å². The summed E-state index contributed by atoms with van der Waals surface area (Å²) < 4.78 is 10.7. The molecule has 8 nitrogen and oxygen atoms in total. The van der Waals surface area contributed by atoms with Crippen molar-refractivity contribution in [3.63, 3.8) is 0 Å². The molecule has 3 heterocycles. The Morgan fingerprint density at radius 2 is 1.67 bits per heavy atom. The summed E-state index contributed by atoms with van der Waals surface area (Å²) in [5, 5.41) is 7.66. The van der Waals surface area contributed by atoms with Crippen LogP contribution >= 0.6 is 0 Å². The summed E-state index contributed by atoms with van der Waals surface area (Å²) in [6, 6.07) is 14.5. The molecule has 0 spiro atoms. The van der Waals surface area contributed by atoms with Gasteiger partial charge >= 0.3 is 0 Å². The van der Waals surface area contributed by atoms with E-state index in [1.54, 1.807) is 14.2 Å². The number of hydrogen-bond donors (Lipinski definition) is 2. The Kier molecular flexibility index (Phi) is 5.92. The smallest absolute Gasteiger partial charge is 0.159 e. The minimum Gasteiger partial charge on any atom is -0.497 e. The van der Waals surface area contributed by atoms with E-state index in [9.17, 15) is 0 Å². The van der Waals surface area contributed by atoms with Crippen LogP contribution in [-0.2, 0) is 12.8 Å². The molecule has 0 bridgehead atoms. The average Bonchev–Trinajstić information content (AvgIpc) is 3.49. The minimum absolute atomic E-state index is 0.783. The predicted octanol–water partition coefficient (Wildman–Crippen LogP) is 3.51. The van der Waals surface area contributed by atoms with Gasteiger partial charge in [-0.3, -0.25) is 5.10 Å². The van der Waals surface area contributed by atoms with Crippen molar-refractivity contribution in [3.05, 3.63) is 53.7 Å². The number of aromatic nitrogens is 4. The molecule has 0 atom stereocenters. The summed E-state index contributed by atoms with van der Waals surface area (Å²) in [5.41, 5.74) is 6.26. The van der Waals surface area contributed by atoms with Crippen molar-refractivity contribution in [2.75, 3.05) is 52.3 Å². The molecule has 5 rings (SSSR count). The van der Waals surface area contributed by atoms with Gasteiger partial charge in [0.2, 0.25) is 0 Å². The zero-order valence-corrected chi connectivity index (χ0v) is 19.4. The second-order valence-corrected chi connectivity index (χ2v) is 8.58. The molecule has 1 saturated heterocycles. The van der Waals surface area contributed by atoms with E-state index < -0.39 is 0 Å². The molecule has 0 aliphatic carbocycles. The second kappa shape index (κ2) is 9.15. The standard InChI is InChI=1S/C25H30N6O2/c1-30-8-10-31(11-9-30)19-6-7-22-23(15-19)27-25(26-22)24-14-18(28-29-24)5-4-17-12-20(32-2)16-21(13-17)33-3/h6-7,12-16H,4-5,8-11H2,1-3H3,(H,26,27)(H,28,29). The van der Waals surface area contributed by atoms with E-state index in [4.69, 9.17) is 14.5 Å². The van der Waals surface area contributed by atoms with Crippen molar-refractivity contribution >= 4 is 16.7 Å². The van der Waals surface area contributed by atoms with Gasteiger partial charge in [-0.15, -0.1) is 0 Å². The lowest BCUT2D eigenvalue weighted by Crippen LogP contribution is -2.44. The molecule has 0 saturated carbocycles. The zero-order valence-electron chi connectivity index (χ0n) is 19.4. The largest absolute Gasteiger partial charge is 0.497 e. The van der Waals surface area contributed by atoms with Gasteiger partial charge in [-0.2, -0.15) is 5.10 Å². The Balaban J connectivity index is 1.29. The zero-order chi connectivity index (χ0) is 22.8. The van der Waals surface area contributed by atoms with Crippen LogP contribution in [0.25, 0.3) is 22.6 Å². The predicted molar refractivity (Wildman–Crippen MR) is 130 cm³/mol. The number of methoxy groups -OCH3 is 2. The number of nitrogens with zero attached hydrogens (tertiary/aromatic N) is 4. The molecular weight excluding hydrogens is 416 g/mol. The van der Waals surface area contributed by atoms with Gasteiger partial charge in [-0.1, -0.05) is 0 Å². The van der Waals surface area contributed by atoms with Gasteiger partial charge in [0, 0.05) is 43.6 Å². The van der Waals surface area contributed by atoms with E-state index in [1.165, 1.54) is 5.69 Å². The third-order valence-corrected chi connectivity index (χ3v) is 6.30. The number of likely N-dealkylation sites (N-methyl/N-ethyl adjacent to an activating group) is 1. The number of aromatic amines is 2. The Bertz CT molecular complexity index is 1220. The first kappa shape index (κ1) is 21.3. The highest BCUT2D eigenvalue weighted by Crippen LogP contribution is 2.26. The highest BCUT2D eigenvalue weighted by atomic mass is 16.5. The van der Waals surface area contributed by atoms with Crippen LogP contribution in [0.1, 0.15) is 11.3 Å². The number of H-pyrrole nitrogens is 2. The highest BCUT2D eigenvalue weighted by Gasteiger charge is 2.16. The first-order valence-corrected chi connectivity index (χ1v) is 11.3. The summed E-state index contributed by atoms with van der Waals surface area (Å²) in [4.78, 5) is 13.0. The molecule has 0 radical (unpaired) electrons. The number of hydrogen-bond acceptors (Lipinski definition) is 6. The van der Waals surface area contributed by atoms with Crippen molar-refractivity contribution in [1.29, 1.82) is 0 Å². The molecule has 2 aromatic carbocycles. The topological polar surface area (TPSA) is 82.3 Å². The fraction of sp³-hybridized carbons (Fsp3) is 0.360. The van der Waals surface area contributed by atoms with E-state index in [0.717, 1.165) is 84.3 Å². The Hall–Kier alpha value is -3.52. The van der Waals surface area contributed by atoms with Crippen molar-refractivity contribution in [2.45, 2.75) is 12.8 Å². The average molecular weight is 447 g/mol. The fourth-order valence-electron chi connectivity index (χ4n) is 4.28. The second-order valence-electron chi connectivity index (χ2n) is 8.58. The Labute approximate surface area is 193 Å². The fourth-order valence-corrected chi connectivity index (χ4v) is 4.28. The van der Waals surface area contributed by atoms with Crippen LogP contribution in [0.4, 0.5) is 5.69 Å². The van der Waals surface area contributed by atoms with Gasteiger partial charge in [0.1, 0.15) is 17.2 Å². The number of rotatable bonds is 7. The van der Waals surface area contributed by atoms with Crippen LogP contribution in [0.15, 0.2) is 42.5 Å². The van der Waals surface area contributed by atoms with Crippen molar-refractivity contribution in [3.8, 4) is 23.0 Å². The molecule has 4 aromatic rings. The van der Waals surface area contributed by atoms with E-state index in [2.05, 4.69) is 56.3 Å². The lowest BCUT2D eigenvalue weighted by Gasteiger charge is -2.34. The SMILES string of the molecule is COc1cc(CCc2cc(-c3nc4cc(N5CCN(C)CC5)ccc4[nH]3)n[nH]2)cc(OC)c1. The van der Waals surface area contributed by atoms with E-state index >= 15 is 0 Å². The molecule has 8 heteroatoms. The first-order chi connectivity index (χ1) is 16.1. The van der Waals surface area contributed by atoms with Crippen LogP contribution in [0.2, 0.25) is 0 Å². The van der Waals surface area contributed by atoms with Crippen molar-refractivity contribution < 1.29 is 9.47 Å². The third-order valence-electron chi connectivity index (χ3n) is 6.30.